The summed E-state index contributed by atoms with van der Waals surface area (Å²) in [5, 5.41) is 6.62. The summed E-state index contributed by atoms with van der Waals surface area (Å²) in [6, 6.07) is 0.247. The Balaban J connectivity index is 2.43. The average molecular weight is 406 g/mol. The van der Waals surface area contributed by atoms with Crippen LogP contribution < -0.4 is 10.6 Å². The van der Waals surface area contributed by atoms with Crippen LogP contribution in [0.1, 0.15) is 40.0 Å². The summed E-state index contributed by atoms with van der Waals surface area (Å²) in [7, 11) is -1.54. The van der Waals surface area contributed by atoms with Crippen LogP contribution in [-0.2, 0) is 14.8 Å². The van der Waals surface area contributed by atoms with Gasteiger partial charge in [0.15, 0.2) is 5.96 Å². The number of piperidine rings is 1. The van der Waals surface area contributed by atoms with Crippen LogP contribution in [0.5, 0.6) is 0 Å². The van der Waals surface area contributed by atoms with Crippen molar-refractivity contribution < 1.29 is 17.9 Å². The Bertz CT molecular complexity index is 574. The molecule has 2 N–H and O–H groups in total. The number of carbonyl (C=O) groups excluding carboxylic acids is 1. The molecule has 9 nitrogen and oxygen atoms in total. The minimum atomic E-state index is -3.14. The number of rotatable bonds is 9. The van der Waals surface area contributed by atoms with Crippen LogP contribution >= 0.6 is 0 Å². The van der Waals surface area contributed by atoms with E-state index in [2.05, 4.69) is 15.6 Å². The van der Waals surface area contributed by atoms with Gasteiger partial charge in [0.1, 0.15) is 0 Å². The van der Waals surface area contributed by atoms with Gasteiger partial charge in [0.2, 0.25) is 10.0 Å². The number of aliphatic imine (C=N–C) groups is 1. The molecule has 0 radical (unpaired) electrons. The summed E-state index contributed by atoms with van der Waals surface area (Å²) in [5.41, 5.74) is 0. The quantitative estimate of drug-likeness (QED) is 0.335. The van der Waals surface area contributed by atoms with Gasteiger partial charge in [-0.3, -0.25) is 4.99 Å². The molecule has 1 rings (SSSR count). The van der Waals surface area contributed by atoms with Crippen molar-refractivity contribution in [2.24, 2.45) is 4.99 Å². The first kappa shape index (κ1) is 23.5. The van der Waals surface area contributed by atoms with Gasteiger partial charge in [-0.2, -0.15) is 0 Å². The number of nitrogens with one attached hydrogen (secondary N) is 2. The predicted molar refractivity (Wildman–Crippen MR) is 107 cm³/mol. The van der Waals surface area contributed by atoms with Crippen LogP contribution in [0, 0.1) is 0 Å². The number of amides is 1. The van der Waals surface area contributed by atoms with Crippen LogP contribution in [0.4, 0.5) is 4.79 Å². The summed E-state index contributed by atoms with van der Waals surface area (Å²) in [5.74, 6) is 0.842. The van der Waals surface area contributed by atoms with Crippen molar-refractivity contribution in [3.05, 3.63) is 0 Å². The van der Waals surface area contributed by atoms with Gasteiger partial charge in [-0.1, -0.05) is 0 Å². The normalized spacial score (nSPS) is 16.5. The molecule has 0 atom stereocenters. The highest BCUT2D eigenvalue weighted by molar-refractivity contribution is 7.89. The standard InChI is InChI=1S/C17H35N5O4S/c1-5-18-16(19-11-8-12-21(4)27(24,25)7-3)20-15-9-13-22(14-10-15)17(23)26-6-2/h15H,5-14H2,1-4H3,(H2,18,19,20). The molecule has 1 fully saturated rings. The molecule has 158 valence electrons. The minimum absolute atomic E-state index is 0.113. The molecule has 0 aromatic carbocycles. The Morgan fingerprint density at radius 1 is 1.26 bits per heavy atom. The number of nitrogens with zero attached hydrogens (tertiary/aromatic N) is 3. The van der Waals surface area contributed by atoms with Crippen molar-refractivity contribution in [3.63, 3.8) is 0 Å². The van der Waals surface area contributed by atoms with Crippen molar-refractivity contribution in [2.45, 2.75) is 46.1 Å². The van der Waals surface area contributed by atoms with Gasteiger partial charge >= 0.3 is 6.09 Å². The Kier molecular flexibility index (Phi) is 10.5. The van der Waals surface area contributed by atoms with E-state index in [-0.39, 0.29) is 17.9 Å². The molecule has 0 unspecified atom stereocenters. The zero-order valence-corrected chi connectivity index (χ0v) is 17.8. The van der Waals surface area contributed by atoms with E-state index in [1.54, 1.807) is 25.8 Å². The second-order valence-electron chi connectivity index (χ2n) is 6.44. The first-order valence-corrected chi connectivity index (χ1v) is 11.4. The maximum absolute atomic E-state index is 11.8. The van der Waals surface area contributed by atoms with E-state index in [0.717, 1.165) is 25.3 Å². The van der Waals surface area contributed by atoms with Gasteiger partial charge in [0.05, 0.1) is 12.4 Å². The molecule has 1 heterocycles. The van der Waals surface area contributed by atoms with E-state index < -0.39 is 10.0 Å². The smallest absolute Gasteiger partial charge is 0.409 e. The zero-order chi connectivity index (χ0) is 20.3. The van der Waals surface area contributed by atoms with Gasteiger partial charge in [-0.25, -0.2) is 17.5 Å². The highest BCUT2D eigenvalue weighted by Crippen LogP contribution is 2.11. The van der Waals surface area contributed by atoms with Gasteiger partial charge in [0, 0.05) is 45.8 Å². The summed E-state index contributed by atoms with van der Waals surface area (Å²) >= 11 is 0. The van der Waals surface area contributed by atoms with E-state index >= 15 is 0 Å². The highest BCUT2D eigenvalue weighted by Gasteiger charge is 2.24. The van der Waals surface area contributed by atoms with Gasteiger partial charge in [0.25, 0.3) is 0 Å². The number of hydrogen-bond donors (Lipinski definition) is 2. The molecule has 0 aromatic rings. The first-order valence-electron chi connectivity index (χ1n) is 9.74. The molecule has 0 bridgehead atoms. The maximum atomic E-state index is 11.8. The number of ether oxygens (including phenoxy) is 1. The molecule has 1 aliphatic rings. The first-order chi connectivity index (χ1) is 12.8. The predicted octanol–water partition coefficient (Wildman–Crippen LogP) is 0.834. The zero-order valence-electron chi connectivity index (χ0n) is 17.0. The fraction of sp³-hybridized carbons (Fsp3) is 0.882. The lowest BCUT2D eigenvalue weighted by molar-refractivity contribution is 0.0963. The van der Waals surface area contributed by atoms with Crippen molar-refractivity contribution in [3.8, 4) is 0 Å². The molecule has 10 heteroatoms. The number of guanidine groups is 1. The van der Waals surface area contributed by atoms with Crippen LogP contribution in [0.2, 0.25) is 0 Å². The monoisotopic (exact) mass is 405 g/mol. The lowest BCUT2D eigenvalue weighted by Crippen LogP contribution is -2.50. The van der Waals surface area contributed by atoms with Crippen LogP contribution in [0.3, 0.4) is 0 Å². The molecular formula is C17H35N5O4S. The van der Waals surface area contributed by atoms with Crippen LogP contribution in [-0.4, -0.2) is 87.8 Å². The third kappa shape index (κ3) is 8.34. The number of carbonyl (C=O) groups is 1. The average Bonchev–Trinajstić information content (AvgIpc) is 2.65. The largest absolute Gasteiger partial charge is 0.450 e. The van der Waals surface area contributed by atoms with Gasteiger partial charge < -0.3 is 20.3 Å². The van der Waals surface area contributed by atoms with Crippen molar-refractivity contribution in [2.75, 3.05) is 52.1 Å². The fourth-order valence-electron chi connectivity index (χ4n) is 2.78. The van der Waals surface area contributed by atoms with E-state index in [9.17, 15) is 13.2 Å². The van der Waals surface area contributed by atoms with Crippen molar-refractivity contribution in [1.82, 2.24) is 19.8 Å². The Labute approximate surface area is 163 Å². The van der Waals surface area contributed by atoms with Crippen LogP contribution in [0.15, 0.2) is 4.99 Å². The molecule has 0 aliphatic carbocycles. The Morgan fingerprint density at radius 3 is 2.48 bits per heavy atom. The third-order valence-corrected chi connectivity index (χ3v) is 6.31. The minimum Gasteiger partial charge on any atom is -0.450 e. The second-order valence-corrected chi connectivity index (χ2v) is 8.81. The lowest BCUT2D eigenvalue weighted by atomic mass is 10.1. The fourth-order valence-corrected chi connectivity index (χ4v) is 3.63. The van der Waals surface area contributed by atoms with Gasteiger partial charge in [-0.15, -0.1) is 0 Å². The molecular weight excluding hydrogens is 370 g/mol. The maximum Gasteiger partial charge on any atom is 0.409 e. The molecule has 0 spiro atoms. The van der Waals surface area contributed by atoms with Crippen LogP contribution in [0.25, 0.3) is 0 Å². The number of likely N-dealkylation sites (tertiary alicyclic amines) is 1. The van der Waals surface area contributed by atoms with Crippen molar-refractivity contribution in [1.29, 1.82) is 0 Å². The van der Waals surface area contributed by atoms with Crippen molar-refractivity contribution >= 4 is 22.1 Å². The number of hydrogen-bond acceptors (Lipinski definition) is 5. The van der Waals surface area contributed by atoms with Gasteiger partial charge in [-0.05, 0) is 40.0 Å². The van der Waals surface area contributed by atoms with E-state index in [4.69, 9.17) is 4.74 Å². The van der Waals surface area contributed by atoms with E-state index in [0.29, 0.717) is 39.2 Å². The summed E-state index contributed by atoms with van der Waals surface area (Å²) in [6.07, 6.45) is 2.08. The lowest BCUT2D eigenvalue weighted by Gasteiger charge is -2.32. The number of sulfonamides is 1. The highest BCUT2D eigenvalue weighted by atomic mass is 32.2. The molecule has 0 aromatic heterocycles. The van der Waals surface area contributed by atoms with E-state index in [1.165, 1.54) is 4.31 Å². The molecule has 0 saturated carbocycles. The molecule has 1 aliphatic heterocycles. The summed E-state index contributed by atoms with van der Waals surface area (Å²) in [4.78, 5) is 18.0. The molecule has 27 heavy (non-hydrogen) atoms. The topological polar surface area (TPSA) is 103 Å². The van der Waals surface area contributed by atoms with E-state index in [1.807, 2.05) is 6.92 Å². The molecule has 1 saturated heterocycles. The SMILES string of the molecule is CCNC(=NCCCN(C)S(=O)(=O)CC)NC1CCN(C(=O)OCC)CC1. The second kappa shape index (κ2) is 12.0. The summed E-state index contributed by atoms with van der Waals surface area (Å²) in [6.45, 7) is 8.91. The summed E-state index contributed by atoms with van der Waals surface area (Å²) < 4.78 is 29.9. The molecule has 1 amide bonds. The Hall–Kier alpha value is -1.55. The third-order valence-electron chi connectivity index (χ3n) is 4.45. The Morgan fingerprint density at radius 2 is 1.93 bits per heavy atom.